The van der Waals surface area contributed by atoms with Crippen LogP contribution in [0.5, 0.6) is 0 Å². The number of carbonyl (C=O) groups is 1. The Hall–Kier alpha value is -2.53. The van der Waals surface area contributed by atoms with Crippen molar-refractivity contribution in [2.24, 2.45) is 0 Å². The number of benzene rings is 2. The van der Waals surface area contributed by atoms with Gasteiger partial charge in [-0.3, -0.25) is 9.89 Å². The maximum Gasteiger partial charge on any atom is 0.273 e. The summed E-state index contributed by atoms with van der Waals surface area (Å²) in [6.45, 7) is 2.04. The highest BCUT2D eigenvalue weighted by molar-refractivity contribution is 7.98. The number of anilines is 1. The molecule has 1 aromatic heterocycles. The van der Waals surface area contributed by atoms with E-state index >= 15 is 0 Å². The second kappa shape index (κ2) is 6.71. The van der Waals surface area contributed by atoms with Gasteiger partial charge in [0.2, 0.25) is 0 Å². The minimum absolute atomic E-state index is 0.200. The molecule has 0 bridgehead atoms. The third-order valence-corrected chi connectivity index (χ3v) is 4.22. The zero-order chi connectivity index (χ0) is 16.2. The van der Waals surface area contributed by atoms with Crippen LogP contribution in [0.2, 0.25) is 0 Å². The summed E-state index contributed by atoms with van der Waals surface area (Å²) in [6, 6.07) is 17.5. The second-order valence-electron chi connectivity index (χ2n) is 5.22. The van der Waals surface area contributed by atoms with Crippen LogP contribution >= 0.6 is 11.8 Å². The molecule has 0 aliphatic heterocycles. The predicted octanol–water partition coefficient (Wildman–Crippen LogP) is 4.36. The van der Waals surface area contributed by atoms with Gasteiger partial charge < -0.3 is 5.32 Å². The maximum atomic E-state index is 12.3. The molecule has 0 saturated heterocycles. The number of thioether (sulfide) groups is 1. The maximum absolute atomic E-state index is 12.3. The van der Waals surface area contributed by atoms with E-state index in [-0.39, 0.29) is 5.91 Å². The fourth-order valence-corrected chi connectivity index (χ4v) is 2.67. The molecule has 0 radical (unpaired) electrons. The summed E-state index contributed by atoms with van der Waals surface area (Å²) in [4.78, 5) is 13.4. The number of aromatic amines is 1. The Bertz CT molecular complexity index is 824. The first-order valence-electron chi connectivity index (χ1n) is 7.23. The Morgan fingerprint density at radius 3 is 2.65 bits per heavy atom. The largest absolute Gasteiger partial charge is 0.321 e. The van der Waals surface area contributed by atoms with Crippen LogP contribution in [-0.2, 0) is 0 Å². The summed E-state index contributed by atoms with van der Waals surface area (Å²) in [5.74, 6) is -0.200. The normalized spacial score (nSPS) is 10.5. The highest BCUT2D eigenvalue weighted by atomic mass is 32.2. The van der Waals surface area contributed by atoms with E-state index in [9.17, 15) is 4.79 Å². The monoisotopic (exact) mass is 323 g/mol. The van der Waals surface area contributed by atoms with Gasteiger partial charge in [0.15, 0.2) is 0 Å². The Labute approximate surface area is 139 Å². The molecule has 0 saturated carbocycles. The number of hydrogen-bond acceptors (Lipinski definition) is 3. The summed E-state index contributed by atoms with van der Waals surface area (Å²) in [5.41, 5.74) is 4.14. The topological polar surface area (TPSA) is 57.8 Å². The third-order valence-electron chi connectivity index (χ3n) is 3.50. The fraction of sp³-hybridized carbons (Fsp3) is 0.111. The van der Waals surface area contributed by atoms with Gasteiger partial charge in [-0.1, -0.05) is 35.9 Å². The van der Waals surface area contributed by atoms with Gasteiger partial charge in [0.1, 0.15) is 5.69 Å². The molecule has 3 rings (SSSR count). The van der Waals surface area contributed by atoms with Crippen molar-refractivity contribution in [3.8, 4) is 11.3 Å². The Balaban J connectivity index is 1.76. The predicted molar refractivity (Wildman–Crippen MR) is 94.9 cm³/mol. The third kappa shape index (κ3) is 3.63. The molecule has 2 N–H and O–H groups in total. The van der Waals surface area contributed by atoms with Crippen molar-refractivity contribution in [1.82, 2.24) is 10.2 Å². The van der Waals surface area contributed by atoms with Crippen LogP contribution in [0.15, 0.2) is 59.5 Å². The Kier molecular flexibility index (Phi) is 4.48. The lowest BCUT2D eigenvalue weighted by Crippen LogP contribution is -2.12. The van der Waals surface area contributed by atoms with Crippen molar-refractivity contribution < 1.29 is 4.79 Å². The van der Waals surface area contributed by atoms with E-state index in [0.29, 0.717) is 5.69 Å². The first-order chi connectivity index (χ1) is 11.2. The molecule has 116 valence electrons. The van der Waals surface area contributed by atoms with Gasteiger partial charge in [0, 0.05) is 16.1 Å². The van der Waals surface area contributed by atoms with Gasteiger partial charge in [0.05, 0.1) is 5.69 Å². The second-order valence-corrected chi connectivity index (χ2v) is 6.10. The average molecular weight is 323 g/mol. The molecule has 0 aliphatic carbocycles. The lowest BCUT2D eigenvalue weighted by Gasteiger charge is -2.04. The molecular formula is C18H17N3OS. The summed E-state index contributed by atoms with van der Waals surface area (Å²) >= 11 is 1.64. The number of amides is 1. The van der Waals surface area contributed by atoms with Crippen LogP contribution in [0.3, 0.4) is 0 Å². The van der Waals surface area contributed by atoms with Crippen LogP contribution in [0, 0.1) is 6.92 Å². The van der Waals surface area contributed by atoms with E-state index in [1.165, 1.54) is 5.56 Å². The molecule has 5 heteroatoms. The first kappa shape index (κ1) is 15.4. The summed E-state index contributed by atoms with van der Waals surface area (Å²) in [5, 5.41) is 9.91. The van der Waals surface area contributed by atoms with E-state index in [1.54, 1.807) is 17.8 Å². The van der Waals surface area contributed by atoms with E-state index in [2.05, 4.69) is 15.5 Å². The lowest BCUT2D eigenvalue weighted by molar-refractivity contribution is 0.102. The molecule has 23 heavy (non-hydrogen) atoms. The van der Waals surface area contributed by atoms with Crippen molar-refractivity contribution in [3.63, 3.8) is 0 Å². The zero-order valence-corrected chi connectivity index (χ0v) is 13.8. The molecule has 2 aromatic carbocycles. The zero-order valence-electron chi connectivity index (χ0n) is 13.0. The number of H-pyrrole nitrogens is 1. The highest BCUT2D eigenvalue weighted by Crippen LogP contribution is 2.21. The number of nitrogens with one attached hydrogen (secondary N) is 2. The molecule has 1 amide bonds. The van der Waals surface area contributed by atoms with Gasteiger partial charge in [-0.25, -0.2) is 0 Å². The molecule has 3 aromatic rings. The standard InChI is InChI=1S/C18H17N3OS/c1-12-6-8-13(9-7-12)16-11-17(21-20-16)18(22)19-14-4-3-5-15(10-14)23-2/h3-11H,1-2H3,(H,19,22)(H,20,21). The van der Waals surface area contributed by atoms with Crippen molar-refractivity contribution in [3.05, 3.63) is 65.9 Å². The molecule has 0 atom stereocenters. The summed E-state index contributed by atoms with van der Waals surface area (Å²) in [6.07, 6.45) is 2.00. The van der Waals surface area contributed by atoms with E-state index in [0.717, 1.165) is 21.8 Å². The molecule has 0 aliphatic rings. The lowest BCUT2D eigenvalue weighted by atomic mass is 10.1. The van der Waals surface area contributed by atoms with Gasteiger partial charge in [-0.15, -0.1) is 11.8 Å². The highest BCUT2D eigenvalue weighted by Gasteiger charge is 2.11. The molecule has 4 nitrogen and oxygen atoms in total. The van der Waals surface area contributed by atoms with Gasteiger partial charge in [-0.05, 0) is 37.4 Å². The minimum Gasteiger partial charge on any atom is -0.321 e. The quantitative estimate of drug-likeness (QED) is 0.701. The minimum atomic E-state index is -0.200. The molecular weight excluding hydrogens is 306 g/mol. The SMILES string of the molecule is CSc1cccc(NC(=O)c2cc(-c3ccc(C)cc3)n[nH]2)c1. The molecule has 0 spiro atoms. The van der Waals surface area contributed by atoms with Crippen molar-refractivity contribution >= 4 is 23.4 Å². The number of rotatable bonds is 4. The first-order valence-corrected chi connectivity index (χ1v) is 8.46. The number of hydrogen-bond donors (Lipinski definition) is 2. The average Bonchev–Trinajstić information content (AvgIpc) is 3.06. The number of aromatic nitrogens is 2. The van der Waals surface area contributed by atoms with Gasteiger partial charge >= 0.3 is 0 Å². The molecule has 0 fully saturated rings. The molecule has 1 heterocycles. The van der Waals surface area contributed by atoms with E-state index in [1.807, 2.05) is 61.7 Å². The number of aryl methyl sites for hydroxylation is 1. The summed E-state index contributed by atoms with van der Waals surface area (Å²) < 4.78 is 0. The van der Waals surface area contributed by atoms with Crippen molar-refractivity contribution in [2.75, 3.05) is 11.6 Å². The summed E-state index contributed by atoms with van der Waals surface area (Å²) in [7, 11) is 0. The van der Waals surface area contributed by atoms with Crippen LogP contribution in [0.1, 0.15) is 16.1 Å². The van der Waals surface area contributed by atoms with Crippen molar-refractivity contribution in [1.29, 1.82) is 0 Å². The van der Waals surface area contributed by atoms with Gasteiger partial charge in [-0.2, -0.15) is 5.10 Å². The van der Waals surface area contributed by atoms with Crippen molar-refractivity contribution in [2.45, 2.75) is 11.8 Å². The smallest absolute Gasteiger partial charge is 0.273 e. The number of carbonyl (C=O) groups excluding carboxylic acids is 1. The Morgan fingerprint density at radius 1 is 1.13 bits per heavy atom. The van der Waals surface area contributed by atoms with Crippen LogP contribution < -0.4 is 5.32 Å². The van der Waals surface area contributed by atoms with Gasteiger partial charge in [0.25, 0.3) is 5.91 Å². The van der Waals surface area contributed by atoms with Crippen LogP contribution in [0.25, 0.3) is 11.3 Å². The van der Waals surface area contributed by atoms with E-state index < -0.39 is 0 Å². The van der Waals surface area contributed by atoms with Crippen LogP contribution in [0.4, 0.5) is 5.69 Å². The number of nitrogens with zero attached hydrogens (tertiary/aromatic N) is 1. The fourth-order valence-electron chi connectivity index (χ4n) is 2.21. The molecule has 0 unspecified atom stereocenters. The Morgan fingerprint density at radius 2 is 1.91 bits per heavy atom. The van der Waals surface area contributed by atoms with Crippen LogP contribution in [-0.4, -0.2) is 22.4 Å². The van der Waals surface area contributed by atoms with E-state index in [4.69, 9.17) is 0 Å².